The molecule has 0 aliphatic heterocycles. The zero-order valence-electron chi connectivity index (χ0n) is 24.2. The standard InChI is InChI=1S/C34H33F2NO7/c1-22(38)28-19-26(35)20-29(36)34(28)44-17-3-2-16-43-27-13-10-23(11-14-27)9-12-24-6-4-7-30-33(24)25(18-32(41)42)21-37(30)15-5-8-31(39)40/h4,6-7,9-14,19-21H,2-3,5,8,15-18H2,1H3,(H,39,40)(H,41,42)/b12-9+. The van der Waals surface area contributed by atoms with Crippen LogP contribution >= 0.6 is 0 Å². The molecule has 44 heavy (non-hydrogen) atoms. The molecular formula is C34H33F2NO7. The van der Waals surface area contributed by atoms with Crippen LogP contribution in [-0.2, 0) is 22.6 Å². The SMILES string of the molecule is CC(=O)c1cc(F)cc(F)c1OCCCCOc1ccc(/C=C/c2cccc3c2c(CC(=O)O)cn3CCCC(=O)O)cc1. The van der Waals surface area contributed by atoms with Gasteiger partial charge < -0.3 is 24.3 Å². The quantitative estimate of drug-likeness (QED) is 0.0801. The van der Waals surface area contributed by atoms with Crippen molar-refractivity contribution in [2.45, 2.75) is 45.6 Å². The van der Waals surface area contributed by atoms with Crippen molar-refractivity contribution < 1.29 is 42.9 Å². The summed E-state index contributed by atoms with van der Waals surface area (Å²) in [5.41, 5.74) is 3.15. The van der Waals surface area contributed by atoms with Gasteiger partial charge in [0.25, 0.3) is 0 Å². The number of halogens is 2. The van der Waals surface area contributed by atoms with Gasteiger partial charge in [-0.3, -0.25) is 14.4 Å². The van der Waals surface area contributed by atoms with Gasteiger partial charge >= 0.3 is 11.9 Å². The highest BCUT2D eigenvalue weighted by atomic mass is 19.1. The molecule has 1 aromatic heterocycles. The van der Waals surface area contributed by atoms with Crippen LogP contribution in [0.3, 0.4) is 0 Å². The largest absolute Gasteiger partial charge is 0.494 e. The van der Waals surface area contributed by atoms with E-state index in [-0.39, 0.29) is 30.8 Å². The molecule has 0 bridgehead atoms. The number of hydrogen-bond acceptors (Lipinski definition) is 5. The maximum Gasteiger partial charge on any atom is 0.307 e. The second-order valence-electron chi connectivity index (χ2n) is 10.3. The monoisotopic (exact) mass is 605 g/mol. The van der Waals surface area contributed by atoms with Gasteiger partial charge in [0, 0.05) is 36.1 Å². The predicted octanol–water partition coefficient (Wildman–Crippen LogP) is 7.02. The minimum Gasteiger partial charge on any atom is -0.494 e. The zero-order chi connectivity index (χ0) is 31.6. The smallest absolute Gasteiger partial charge is 0.307 e. The van der Waals surface area contributed by atoms with Crippen molar-refractivity contribution in [1.82, 2.24) is 4.57 Å². The molecule has 4 rings (SSSR count). The van der Waals surface area contributed by atoms with Gasteiger partial charge in [-0.25, -0.2) is 8.78 Å². The van der Waals surface area contributed by atoms with Crippen LogP contribution in [0.4, 0.5) is 8.78 Å². The topological polar surface area (TPSA) is 115 Å². The van der Waals surface area contributed by atoms with Crippen molar-refractivity contribution in [1.29, 1.82) is 0 Å². The Morgan fingerprint density at radius 3 is 2.30 bits per heavy atom. The summed E-state index contributed by atoms with van der Waals surface area (Å²) >= 11 is 0. The molecule has 0 unspecified atom stereocenters. The molecule has 3 aromatic carbocycles. The van der Waals surface area contributed by atoms with Crippen LogP contribution in [0.25, 0.3) is 23.1 Å². The zero-order valence-corrected chi connectivity index (χ0v) is 24.2. The lowest BCUT2D eigenvalue weighted by Crippen LogP contribution is -2.07. The molecule has 0 aliphatic carbocycles. The molecule has 0 saturated heterocycles. The lowest BCUT2D eigenvalue weighted by molar-refractivity contribution is -0.137. The van der Waals surface area contributed by atoms with Crippen LogP contribution in [0.15, 0.2) is 60.8 Å². The van der Waals surface area contributed by atoms with E-state index in [9.17, 15) is 28.3 Å². The number of Topliss-reactive ketones (excluding diaryl/α,β-unsaturated/α-hetero) is 1. The minimum atomic E-state index is -0.944. The normalized spacial score (nSPS) is 11.2. The predicted molar refractivity (Wildman–Crippen MR) is 162 cm³/mol. The number of fused-ring (bicyclic) bond motifs is 1. The Morgan fingerprint density at radius 2 is 1.61 bits per heavy atom. The van der Waals surface area contributed by atoms with E-state index in [0.717, 1.165) is 28.1 Å². The van der Waals surface area contributed by atoms with Crippen LogP contribution in [0.1, 0.15) is 59.7 Å². The van der Waals surface area contributed by atoms with Gasteiger partial charge in [0.1, 0.15) is 11.6 Å². The third-order valence-corrected chi connectivity index (χ3v) is 6.93. The maximum atomic E-state index is 14.1. The number of carboxylic acids is 2. The second-order valence-corrected chi connectivity index (χ2v) is 10.3. The van der Waals surface area contributed by atoms with Gasteiger partial charge in [0.05, 0.1) is 25.2 Å². The summed E-state index contributed by atoms with van der Waals surface area (Å²) in [6.07, 6.45) is 7.10. The van der Waals surface area contributed by atoms with E-state index in [0.29, 0.717) is 49.8 Å². The number of aliphatic carboxylic acids is 2. The number of carboxylic acid groups (broad SMARTS) is 2. The molecule has 4 aromatic rings. The number of ether oxygens (including phenoxy) is 2. The number of ketones is 1. The lowest BCUT2D eigenvalue weighted by Gasteiger charge is -2.11. The van der Waals surface area contributed by atoms with E-state index in [1.165, 1.54) is 6.92 Å². The molecule has 0 atom stereocenters. The summed E-state index contributed by atoms with van der Waals surface area (Å²) in [7, 11) is 0. The first kappa shape index (κ1) is 31.9. The molecule has 1 heterocycles. The average Bonchev–Trinajstić information content (AvgIpc) is 3.31. The number of unbranched alkanes of at least 4 members (excludes halogenated alkanes) is 1. The summed E-state index contributed by atoms with van der Waals surface area (Å²) in [5, 5.41) is 19.2. The Hall–Kier alpha value is -4.99. The molecule has 8 nitrogen and oxygen atoms in total. The van der Waals surface area contributed by atoms with E-state index in [1.807, 2.05) is 59.2 Å². The van der Waals surface area contributed by atoms with Gasteiger partial charge in [-0.05, 0) is 67.1 Å². The first-order valence-corrected chi connectivity index (χ1v) is 14.2. The number of rotatable bonds is 16. The molecule has 230 valence electrons. The Labute approximate surface area is 253 Å². The first-order chi connectivity index (χ1) is 21.1. The molecule has 0 aliphatic rings. The van der Waals surface area contributed by atoms with Crippen LogP contribution in [0.5, 0.6) is 11.5 Å². The Balaban J connectivity index is 1.33. The summed E-state index contributed by atoms with van der Waals surface area (Å²) < 4.78 is 40.6. The highest BCUT2D eigenvalue weighted by Crippen LogP contribution is 2.29. The summed E-state index contributed by atoms with van der Waals surface area (Å²) in [4.78, 5) is 34.1. The number of hydrogen-bond donors (Lipinski definition) is 2. The number of carbonyl (C=O) groups excluding carboxylic acids is 1. The fraction of sp³-hybridized carbons (Fsp3) is 0.265. The van der Waals surface area contributed by atoms with Crippen LogP contribution < -0.4 is 9.47 Å². The molecule has 10 heteroatoms. The van der Waals surface area contributed by atoms with E-state index >= 15 is 0 Å². The highest BCUT2D eigenvalue weighted by molar-refractivity contribution is 5.97. The molecule has 0 amide bonds. The van der Waals surface area contributed by atoms with Crippen LogP contribution in [0.2, 0.25) is 0 Å². The van der Waals surface area contributed by atoms with Gasteiger partial charge in [0.15, 0.2) is 17.3 Å². The fourth-order valence-electron chi connectivity index (χ4n) is 4.89. The van der Waals surface area contributed by atoms with Gasteiger partial charge in [0.2, 0.25) is 0 Å². The first-order valence-electron chi connectivity index (χ1n) is 14.2. The molecule has 0 spiro atoms. The van der Waals surface area contributed by atoms with Crippen LogP contribution in [-0.4, -0.2) is 45.7 Å². The molecule has 0 fully saturated rings. The van der Waals surface area contributed by atoms with E-state index in [2.05, 4.69) is 0 Å². The van der Waals surface area contributed by atoms with Crippen molar-refractivity contribution in [2.24, 2.45) is 0 Å². The van der Waals surface area contributed by atoms with E-state index < -0.39 is 29.4 Å². The Morgan fingerprint density at radius 1 is 0.886 bits per heavy atom. The van der Waals surface area contributed by atoms with Crippen molar-refractivity contribution in [2.75, 3.05) is 13.2 Å². The number of benzene rings is 3. The van der Waals surface area contributed by atoms with Crippen molar-refractivity contribution in [3.63, 3.8) is 0 Å². The molecule has 0 saturated carbocycles. The van der Waals surface area contributed by atoms with Gasteiger partial charge in [-0.1, -0.05) is 36.4 Å². The minimum absolute atomic E-state index is 0.0311. The number of nitrogens with zero attached hydrogens (tertiary/aromatic N) is 1. The Kier molecular flexibility index (Phi) is 10.9. The van der Waals surface area contributed by atoms with Gasteiger partial charge in [-0.2, -0.15) is 0 Å². The van der Waals surface area contributed by atoms with Gasteiger partial charge in [-0.15, -0.1) is 0 Å². The number of aryl methyl sites for hydroxylation is 1. The van der Waals surface area contributed by atoms with Crippen molar-refractivity contribution in [3.8, 4) is 11.5 Å². The average molecular weight is 606 g/mol. The van der Waals surface area contributed by atoms with Crippen molar-refractivity contribution in [3.05, 3.63) is 94.7 Å². The molecule has 0 radical (unpaired) electrons. The van der Waals surface area contributed by atoms with E-state index in [1.54, 1.807) is 6.20 Å². The summed E-state index contributed by atoms with van der Waals surface area (Å²) in [6, 6.07) is 14.8. The summed E-state index contributed by atoms with van der Waals surface area (Å²) in [6.45, 7) is 2.23. The summed E-state index contributed by atoms with van der Waals surface area (Å²) in [5.74, 6) is -3.63. The molecule has 2 N–H and O–H groups in total. The molecular weight excluding hydrogens is 572 g/mol. The lowest BCUT2D eigenvalue weighted by atomic mass is 10.0. The number of aromatic nitrogens is 1. The third kappa shape index (κ3) is 8.53. The van der Waals surface area contributed by atoms with Crippen molar-refractivity contribution >= 4 is 40.8 Å². The number of carbonyl (C=O) groups is 3. The fourth-order valence-corrected chi connectivity index (χ4v) is 4.89. The second kappa shape index (κ2) is 15.0. The van der Waals surface area contributed by atoms with E-state index in [4.69, 9.17) is 14.6 Å². The highest BCUT2D eigenvalue weighted by Gasteiger charge is 2.16. The third-order valence-electron chi connectivity index (χ3n) is 6.93. The maximum absolute atomic E-state index is 14.1. The van der Waals surface area contributed by atoms with Crippen LogP contribution in [0, 0.1) is 11.6 Å². The Bertz CT molecular complexity index is 1680.